The summed E-state index contributed by atoms with van der Waals surface area (Å²) in [5.41, 5.74) is 2.25. The third-order valence-electron chi connectivity index (χ3n) is 3.11. The zero-order valence-corrected chi connectivity index (χ0v) is 11.6. The molecular weight excluding hydrogens is 238 g/mol. The first kappa shape index (κ1) is 13.3. The number of hydrogen-bond donors (Lipinski definition) is 1. The minimum absolute atomic E-state index is 0.0379. The number of rotatable bonds is 4. The maximum atomic E-state index is 12.3. The molecule has 19 heavy (non-hydrogen) atoms. The zero-order chi connectivity index (χ0) is 13.8. The van der Waals surface area contributed by atoms with E-state index < -0.39 is 0 Å². The van der Waals surface area contributed by atoms with Gasteiger partial charge in [0, 0.05) is 31.7 Å². The Morgan fingerprint density at radius 2 is 2.11 bits per heavy atom. The van der Waals surface area contributed by atoms with Gasteiger partial charge in [-0.25, -0.2) is 4.98 Å². The molecule has 1 aromatic heterocycles. The Labute approximate surface area is 113 Å². The highest BCUT2D eigenvalue weighted by Gasteiger charge is 2.14. The maximum Gasteiger partial charge on any atom is 0.272 e. The molecule has 0 aliphatic rings. The van der Waals surface area contributed by atoms with Crippen molar-refractivity contribution >= 4 is 22.5 Å². The number of anilines is 1. The molecule has 1 N–H and O–H groups in total. The molecule has 0 spiro atoms. The van der Waals surface area contributed by atoms with Crippen molar-refractivity contribution < 1.29 is 4.79 Å². The van der Waals surface area contributed by atoms with E-state index >= 15 is 0 Å². The first-order valence-electron chi connectivity index (χ1n) is 6.50. The van der Waals surface area contributed by atoms with Crippen molar-refractivity contribution in [2.24, 2.45) is 0 Å². The van der Waals surface area contributed by atoms with E-state index in [1.54, 1.807) is 4.90 Å². The summed E-state index contributed by atoms with van der Waals surface area (Å²) in [6.07, 6.45) is 0.939. The third kappa shape index (κ3) is 2.67. The number of fused-ring (bicyclic) bond motifs is 1. The van der Waals surface area contributed by atoms with E-state index in [4.69, 9.17) is 0 Å². The normalized spacial score (nSPS) is 10.5. The Hall–Kier alpha value is -2.10. The van der Waals surface area contributed by atoms with Crippen LogP contribution in [0, 0.1) is 0 Å². The molecule has 2 rings (SSSR count). The van der Waals surface area contributed by atoms with Gasteiger partial charge in [-0.1, -0.05) is 25.1 Å². The van der Waals surface area contributed by atoms with Crippen LogP contribution in [0.25, 0.3) is 10.9 Å². The van der Waals surface area contributed by atoms with Crippen LogP contribution in [0.3, 0.4) is 0 Å². The Morgan fingerprint density at radius 3 is 2.79 bits per heavy atom. The number of benzene rings is 1. The second-order valence-electron chi connectivity index (χ2n) is 4.55. The summed E-state index contributed by atoms with van der Waals surface area (Å²) in [5, 5.41) is 4.15. The van der Waals surface area contributed by atoms with Crippen molar-refractivity contribution in [2.45, 2.75) is 13.3 Å². The van der Waals surface area contributed by atoms with Crippen LogP contribution >= 0.6 is 0 Å². The smallest absolute Gasteiger partial charge is 0.272 e. The van der Waals surface area contributed by atoms with Gasteiger partial charge in [-0.3, -0.25) is 4.79 Å². The number of amides is 1. The van der Waals surface area contributed by atoms with Gasteiger partial charge in [-0.2, -0.15) is 0 Å². The average Bonchev–Trinajstić information content (AvgIpc) is 2.45. The lowest BCUT2D eigenvalue weighted by atomic mass is 10.1. The molecule has 1 heterocycles. The lowest BCUT2D eigenvalue weighted by Gasteiger charge is -2.16. The summed E-state index contributed by atoms with van der Waals surface area (Å²) in [4.78, 5) is 18.4. The van der Waals surface area contributed by atoms with E-state index in [0.29, 0.717) is 5.69 Å². The van der Waals surface area contributed by atoms with E-state index in [-0.39, 0.29) is 5.91 Å². The number of aromatic nitrogens is 1. The summed E-state index contributed by atoms with van der Waals surface area (Å²) in [6, 6.07) is 9.64. The molecule has 1 amide bonds. The molecule has 0 saturated carbocycles. The quantitative estimate of drug-likeness (QED) is 0.916. The molecule has 0 atom stereocenters. The Morgan fingerprint density at radius 1 is 1.37 bits per heavy atom. The monoisotopic (exact) mass is 257 g/mol. The average molecular weight is 257 g/mol. The molecule has 0 radical (unpaired) electrons. The van der Waals surface area contributed by atoms with Gasteiger partial charge in [-0.05, 0) is 18.6 Å². The lowest BCUT2D eigenvalue weighted by Crippen LogP contribution is -2.28. The van der Waals surface area contributed by atoms with Crippen LogP contribution in [-0.2, 0) is 0 Å². The van der Waals surface area contributed by atoms with Crippen LogP contribution in [-0.4, -0.2) is 36.4 Å². The molecular formula is C15H19N3O. The standard InChI is InChI=1S/C15H19N3O/c1-4-9-18(3)15(19)14-10-13(16-2)11-7-5-6-8-12(11)17-14/h5-8,10H,4,9H2,1-3H3,(H,16,17). The number of nitrogens with zero attached hydrogens (tertiary/aromatic N) is 2. The fourth-order valence-electron chi connectivity index (χ4n) is 2.12. The van der Waals surface area contributed by atoms with E-state index in [2.05, 4.69) is 17.2 Å². The van der Waals surface area contributed by atoms with Gasteiger partial charge >= 0.3 is 0 Å². The molecule has 0 aliphatic heterocycles. The highest BCUT2D eigenvalue weighted by Crippen LogP contribution is 2.23. The number of para-hydroxylation sites is 1. The predicted octanol–water partition coefficient (Wildman–Crippen LogP) is 2.76. The van der Waals surface area contributed by atoms with Crippen molar-refractivity contribution in [2.75, 3.05) is 26.0 Å². The minimum Gasteiger partial charge on any atom is -0.388 e. The largest absolute Gasteiger partial charge is 0.388 e. The number of carbonyl (C=O) groups excluding carboxylic acids is 1. The van der Waals surface area contributed by atoms with Gasteiger partial charge in [0.25, 0.3) is 5.91 Å². The molecule has 0 bridgehead atoms. The van der Waals surface area contributed by atoms with Crippen LogP contribution in [0.2, 0.25) is 0 Å². The number of pyridine rings is 1. The van der Waals surface area contributed by atoms with Crippen molar-refractivity contribution in [1.29, 1.82) is 0 Å². The van der Waals surface area contributed by atoms with Gasteiger partial charge in [-0.15, -0.1) is 0 Å². The van der Waals surface area contributed by atoms with Crippen molar-refractivity contribution in [3.05, 3.63) is 36.0 Å². The molecule has 0 aliphatic carbocycles. The fourth-order valence-corrected chi connectivity index (χ4v) is 2.12. The van der Waals surface area contributed by atoms with Crippen LogP contribution in [0.15, 0.2) is 30.3 Å². The highest BCUT2D eigenvalue weighted by atomic mass is 16.2. The van der Waals surface area contributed by atoms with Gasteiger partial charge in [0.2, 0.25) is 0 Å². The molecule has 4 heteroatoms. The summed E-state index contributed by atoms with van der Waals surface area (Å²) in [6.45, 7) is 2.79. The van der Waals surface area contributed by atoms with E-state index in [0.717, 1.165) is 29.6 Å². The molecule has 0 saturated heterocycles. The zero-order valence-electron chi connectivity index (χ0n) is 11.6. The molecule has 1 aromatic carbocycles. The molecule has 0 fully saturated rings. The minimum atomic E-state index is -0.0379. The molecule has 100 valence electrons. The number of nitrogens with one attached hydrogen (secondary N) is 1. The fraction of sp³-hybridized carbons (Fsp3) is 0.333. The summed E-state index contributed by atoms with van der Waals surface area (Å²) in [5.74, 6) is -0.0379. The first-order chi connectivity index (χ1) is 9.17. The highest BCUT2D eigenvalue weighted by molar-refractivity contribution is 5.99. The predicted molar refractivity (Wildman–Crippen MR) is 78.5 cm³/mol. The Kier molecular flexibility index (Phi) is 4.00. The van der Waals surface area contributed by atoms with Gasteiger partial charge in [0.05, 0.1) is 5.52 Å². The second kappa shape index (κ2) is 5.69. The summed E-state index contributed by atoms with van der Waals surface area (Å²) in [7, 11) is 3.66. The van der Waals surface area contributed by atoms with Crippen LogP contribution < -0.4 is 5.32 Å². The van der Waals surface area contributed by atoms with Crippen molar-refractivity contribution in [3.63, 3.8) is 0 Å². The van der Waals surface area contributed by atoms with Crippen molar-refractivity contribution in [1.82, 2.24) is 9.88 Å². The van der Waals surface area contributed by atoms with Gasteiger partial charge < -0.3 is 10.2 Å². The topological polar surface area (TPSA) is 45.2 Å². The van der Waals surface area contributed by atoms with E-state index in [9.17, 15) is 4.79 Å². The SMILES string of the molecule is CCCN(C)C(=O)c1cc(NC)c2ccccc2n1. The van der Waals surface area contributed by atoms with Crippen LogP contribution in [0.1, 0.15) is 23.8 Å². The number of carbonyl (C=O) groups is 1. The third-order valence-corrected chi connectivity index (χ3v) is 3.11. The maximum absolute atomic E-state index is 12.3. The van der Waals surface area contributed by atoms with Gasteiger partial charge in [0.1, 0.15) is 5.69 Å². The molecule has 0 unspecified atom stereocenters. The van der Waals surface area contributed by atoms with Crippen LogP contribution in [0.4, 0.5) is 5.69 Å². The first-order valence-corrected chi connectivity index (χ1v) is 6.50. The summed E-state index contributed by atoms with van der Waals surface area (Å²) >= 11 is 0. The molecule has 2 aromatic rings. The van der Waals surface area contributed by atoms with Crippen LogP contribution in [0.5, 0.6) is 0 Å². The molecule has 4 nitrogen and oxygen atoms in total. The Balaban J connectivity index is 2.47. The van der Waals surface area contributed by atoms with E-state index in [1.807, 2.05) is 44.4 Å². The summed E-state index contributed by atoms with van der Waals surface area (Å²) < 4.78 is 0. The second-order valence-corrected chi connectivity index (χ2v) is 4.55. The van der Waals surface area contributed by atoms with Crippen molar-refractivity contribution in [3.8, 4) is 0 Å². The van der Waals surface area contributed by atoms with Gasteiger partial charge in [0.15, 0.2) is 0 Å². The number of hydrogen-bond acceptors (Lipinski definition) is 3. The lowest BCUT2D eigenvalue weighted by molar-refractivity contribution is 0.0790. The van der Waals surface area contributed by atoms with E-state index in [1.165, 1.54) is 0 Å². The Bertz CT molecular complexity index is 595.